The smallest absolute Gasteiger partial charge is 0.306 e. The molecule has 2 aromatic rings. The van der Waals surface area contributed by atoms with Crippen LogP contribution in [0, 0.1) is 17.2 Å². The van der Waals surface area contributed by atoms with Gasteiger partial charge in [-0.05, 0) is 48.9 Å². The van der Waals surface area contributed by atoms with Crippen molar-refractivity contribution in [2.75, 3.05) is 5.73 Å². The van der Waals surface area contributed by atoms with Gasteiger partial charge in [0.05, 0.1) is 17.2 Å². The number of nitrogens with zero attached hydrogens (tertiary/aromatic N) is 2. The van der Waals surface area contributed by atoms with Crippen LogP contribution in [-0.2, 0) is 4.79 Å². The van der Waals surface area contributed by atoms with Crippen LogP contribution in [0.3, 0.4) is 0 Å². The maximum Gasteiger partial charge on any atom is 0.306 e. The molecular weight excluding hydrogens is 318 g/mol. The van der Waals surface area contributed by atoms with Crippen LogP contribution in [-0.4, -0.2) is 21.2 Å². The maximum atomic E-state index is 11.4. The van der Waals surface area contributed by atoms with Crippen molar-refractivity contribution in [3.8, 4) is 23.1 Å². The number of nitrogens with two attached hydrogens (primary N) is 1. The summed E-state index contributed by atoms with van der Waals surface area (Å²) in [6, 6.07) is 10.7. The number of nitrogen functional groups attached to an aromatic ring is 1. The van der Waals surface area contributed by atoms with Crippen LogP contribution >= 0.6 is 0 Å². The SMILES string of the molecule is N#Cc1c(C2CCCC(C(=O)O)C2)cc(-c2ccccc2O)nc1N. The minimum Gasteiger partial charge on any atom is -0.507 e. The van der Waals surface area contributed by atoms with Gasteiger partial charge in [-0.15, -0.1) is 0 Å². The number of para-hydroxylation sites is 1. The first kappa shape index (κ1) is 16.8. The van der Waals surface area contributed by atoms with E-state index in [0.29, 0.717) is 29.7 Å². The molecule has 0 radical (unpaired) electrons. The van der Waals surface area contributed by atoms with Gasteiger partial charge in [-0.1, -0.05) is 18.6 Å². The molecule has 6 nitrogen and oxygen atoms in total. The number of hydrogen-bond donors (Lipinski definition) is 3. The highest BCUT2D eigenvalue weighted by Crippen LogP contribution is 2.40. The van der Waals surface area contributed by atoms with Crippen LogP contribution < -0.4 is 5.73 Å². The van der Waals surface area contributed by atoms with Crippen LogP contribution in [0.4, 0.5) is 5.82 Å². The van der Waals surface area contributed by atoms with E-state index in [9.17, 15) is 20.3 Å². The predicted octanol–water partition coefficient (Wildman–Crippen LogP) is 3.27. The molecule has 1 aromatic heterocycles. The summed E-state index contributed by atoms with van der Waals surface area (Å²) < 4.78 is 0. The lowest BCUT2D eigenvalue weighted by Gasteiger charge is -2.28. The Morgan fingerprint density at radius 2 is 2.08 bits per heavy atom. The average molecular weight is 337 g/mol. The van der Waals surface area contributed by atoms with Crippen molar-refractivity contribution in [3.05, 3.63) is 41.5 Å². The van der Waals surface area contributed by atoms with Crippen molar-refractivity contribution >= 4 is 11.8 Å². The number of nitriles is 1. The molecular formula is C19H19N3O3. The molecule has 25 heavy (non-hydrogen) atoms. The number of aliphatic carboxylic acids is 1. The van der Waals surface area contributed by atoms with E-state index in [1.165, 1.54) is 0 Å². The Labute approximate surface area is 145 Å². The molecule has 1 aliphatic carbocycles. The van der Waals surface area contributed by atoms with E-state index >= 15 is 0 Å². The molecule has 128 valence electrons. The molecule has 1 heterocycles. The number of rotatable bonds is 3. The molecule has 0 saturated heterocycles. The van der Waals surface area contributed by atoms with Crippen molar-refractivity contribution in [1.82, 2.24) is 4.98 Å². The first-order chi connectivity index (χ1) is 12.0. The van der Waals surface area contributed by atoms with Gasteiger partial charge in [-0.25, -0.2) is 4.98 Å². The maximum absolute atomic E-state index is 11.4. The molecule has 0 amide bonds. The first-order valence-electron chi connectivity index (χ1n) is 8.23. The van der Waals surface area contributed by atoms with Crippen LogP contribution in [0.5, 0.6) is 5.75 Å². The number of aromatic hydroxyl groups is 1. The monoisotopic (exact) mass is 337 g/mol. The fourth-order valence-electron chi connectivity index (χ4n) is 3.55. The van der Waals surface area contributed by atoms with E-state index in [4.69, 9.17) is 5.73 Å². The number of phenolic OH excluding ortho intramolecular Hbond substituents is 1. The number of benzene rings is 1. The van der Waals surface area contributed by atoms with Crippen molar-refractivity contribution in [2.24, 2.45) is 5.92 Å². The number of pyridine rings is 1. The van der Waals surface area contributed by atoms with Gasteiger partial charge >= 0.3 is 5.97 Å². The topological polar surface area (TPSA) is 120 Å². The highest BCUT2D eigenvalue weighted by atomic mass is 16.4. The third kappa shape index (κ3) is 3.26. The molecule has 3 rings (SSSR count). The first-order valence-corrected chi connectivity index (χ1v) is 8.23. The summed E-state index contributed by atoms with van der Waals surface area (Å²) in [4.78, 5) is 15.6. The number of aromatic nitrogens is 1. The summed E-state index contributed by atoms with van der Waals surface area (Å²) in [5.41, 5.74) is 8.03. The van der Waals surface area contributed by atoms with Crippen molar-refractivity contribution in [1.29, 1.82) is 5.26 Å². The Kier molecular flexibility index (Phi) is 4.57. The summed E-state index contributed by atoms with van der Waals surface area (Å²) >= 11 is 0. The fourth-order valence-corrected chi connectivity index (χ4v) is 3.55. The Morgan fingerprint density at radius 3 is 2.76 bits per heavy atom. The second kappa shape index (κ2) is 6.81. The van der Waals surface area contributed by atoms with E-state index < -0.39 is 11.9 Å². The molecule has 1 aromatic carbocycles. The number of anilines is 1. The number of hydrogen-bond acceptors (Lipinski definition) is 5. The molecule has 2 atom stereocenters. The van der Waals surface area contributed by atoms with Gasteiger partial charge in [0.2, 0.25) is 0 Å². The molecule has 1 fully saturated rings. The van der Waals surface area contributed by atoms with Gasteiger partial charge in [-0.3, -0.25) is 4.79 Å². The second-order valence-electron chi connectivity index (χ2n) is 6.38. The summed E-state index contributed by atoms with van der Waals surface area (Å²) in [5, 5.41) is 28.9. The molecule has 1 aliphatic rings. The lowest BCUT2D eigenvalue weighted by Crippen LogP contribution is -2.22. The van der Waals surface area contributed by atoms with Crippen molar-refractivity contribution in [3.63, 3.8) is 0 Å². The zero-order chi connectivity index (χ0) is 18.0. The minimum absolute atomic E-state index is 0.0561. The van der Waals surface area contributed by atoms with Crippen LogP contribution in [0.25, 0.3) is 11.3 Å². The highest BCUT2D eigenvalue weighted by molar-refractivity contribution is 5.72. The lowest BCUT2D eigenvalue weighted by molar-refractivity contribution is -0.142. The van der Waals surface area contributed by atoms with Crippen molar-refractivity contribution < 1.29 is 15.0 Å². The van der Waals surface area contributed by atoms with Crippen LogP contribution in [0.2, 0.25) is 0 Å². The van der Waals surface area contributed by atoms with E-state index in [1.807, 2.05) is 0 Å². The predicted molar refractivity (Wildman–Crippen MR) is 92.8 cm³/mol. The molecule has 2 unspecified atom stereocenters. The van der Waals surface area contributed by atoms with Crippen molar-refractivity contribution in [2.45, 2.75) is 31.6 Å². The quantitative estimate of drug-likeness (QED) is 0.790. The Morgan fingerprint density at radius 1 is 1.32 bits per heavy atom. The van der Waals surface area contributed by atoms with Gasteiger partial charge in [-0.2, -0.15) is 5.26 Å². The third-order valence-electron chi connectivity index (χ3n) is 4.83. The number of carbonyl (C=O) groups is 1. The Hall–Kier alpha value is -3.07. The second-order valence-corrected chi connectivity index (χ2v) is 6.38. The summed E-state index contributed by atoms with van der Waals surface area (Å²) in [6.45, 7) is 0. The standard InChI is InChI=1S/C19H19N3O3/c20-10-15-14(11-4-3-5-12(8-11)19(24)25)9-16(22-18(15)21)13-6-1-2-7-17(13)23/h1-2,6-7,9,11-12,23H,3-5,8H2,(H2,21,22)(H,24,25). The van der Waals surface area contributed by atoms with Gasteiger partial charge in [0.1, 0.15) is 17.6 Å². The van der Waals surface area contributed by atoms with Crippen LogP contribution in [0.15, 0.2) is 30.3 Å². The number of carboxylic acids is 1. The minimum atomic E-state index is -0.800. The summed E-state index contributed by atoms with van der Waals surface area (Å²) in [6.07, 6.45) is 2.73. The lowest BCUT2D eigenvalue weighted by atomic mass is 9.76. The van der Waals surface area contributed by atoms with Crippen LogP contribution in [0.1, 0.15) is 42.7 Å². The van der Waals surface area contributed by atoms with Gasteiger partial charge in [0, 0.05) is 5.56 Å². The molecule has 4 N–H and O–H groups in total. The van der Waals surface area contributed by atoms with E-state index in [2.05, 4.69) is 11.1 Å². The molecule has 0 spiro atoms. The largest absolute Gasteiger partial charge is 0.507 e. The summed E-state index contributed by atoms with van der Waals surface area (Å²) in [7, 11) is 0. The molecule has 0 bridgehead atoms. The molecule has 6 heteroatoms. The average Bonchev–Trinajstić information content (AvgIpc) is 2.61. The number of carboxylic acid groups (broad SMARTS) is 1. The number of phenols is 1. The van der Waals surface area contributed by atoms with E-state index in [1.54, 1.807) is 30.3 Å². The van der Waals surface area contributed by atoms with E-state index in [0.717, 1.165) is 18.4 Å². The normalized spacial score (nSPS) is 20.0. The zero-order valence-electron chi connectivity index (χ0n) is 13.6. The fraction of sp³-hybridized carbons (Fsp3) is 0.316. The Balaban J connectivity index is 2.08. The zero-order valence-corrected chi connectivity index (χ0v) is 13.6. The Bertz CT molecular complexity index is 857. The molecule has 0 aliphatic heterocycles. The van der Waals surface area contributed by atoms with Gasteiger partial charge in [0.25, 0.3) is 0 Å². The van der Waals surface area contributed by atoms with E-state index in [-0.39, 0.29) is 17.5 Å². The molecule has 1 saturated carbocycles. The van der Waals surface area contributed by atoms with Gasteiger partial charge in [0.15, 0.2) is 0 Å². The highest BCUT2D eigenvalue weighted by Gasteiger charge is 2.30. The van der Waals surface area contributed by atoms with Gasteiger partial charge < -0.3 is 15.9 Å². The summed E-state index contributed by atoms with van der Waals surface area (Å²) in [5.74, 6) is -1.08. The third-order valence-corrected chi connectivity index (χ3v) is 4.83.